The number of aliphatic carboxylic acids is 1. The van der Waals surface area contributed by atoms with Gasteiger partial charge in [-0.3, -0.25) is 4.79 Å². The Balaban J connectivity index is 2.69. The van der Waals surface area contributed by atoms with Crippen molar-refractivity contribution in [2.24, 2.45) is 0 Å². The van der Waals surface area contributed by atoms with E-state index in [1.54, 1.807) is 6.92 Å². The molecule has 1 unspecified atom stereocenters. The highest BCUT2D eigenvalue weighted by Gasteiger charge is 2.37. The van der Waals surface area contributed by atoms with Crippen molar-refractivity contribution >= 4 is 12.0 Å². The first kappa shape index (κ1) is 16.5. The summed E-state index contributed by atoms with van der Waals surface area (Å²) >= 11 is 0. The fraction of sp³-hybridized carbons (Fsp3) is 0.818. The summed E-state index contributed by atoms with van der Waals surface area (Å²) in [6, 6.07) is -1.06. The third-order valence-electron chi connectivity index (χ3n) is 2.83. The minimum absolute atomic E-state index is 0.186. The predicted molar refractivity (Wildman–Crippen MR) is 62.3 cm³/mol. The van der Waals surface area contributed by atoms with Crippen molar-refractivity contribution < 1.29 is 32.6 Å². The quantitative estimate of drug-likeness (QED) is 0.818. The minimum atomic E-state index is -4.66. The zero-order chi connectivity index (χ0) is 15.4. The van der Waals surface area contributed by atoms with Gasteiger partial charge in [-0.25, -0.2) is 4.79 Å². The maximum Gasteiger partial charge on any atom is 0.406 e. The first-order valence-corrected chi connectivity index (χ1v) is 6.05. The van der Waals surface area contributed by atoms with Crippen molar-refractivity contribution in [2.45, 2.75) is 31.5 Å². The van der Waals surface area contributed by atoms with Crippen LogP contribution < -0.4 is 5.32 Å². The van der Waals surface area contributed by atoms with Crippen LogP contribution in [-0.4, -0.2) is 60.0 Å². The molecule has 0 aromatic rings. The minimum Gasteiger partial charge on any atom is -0.480 e. The molecular weight excluding hydrogens is 281 g/mol. The highest BCUT2D eigenvalue weighted by atomic mass is 19.4. The number of nitrogens with zero attached hydrogens (tertiary/aromatic N) is 1. The van der Waals surface area contributed by atoms with Crippen LogP contribution in [0.25, 0.3) is 0 Å². The van der Waals surface area contributed by atoms with Gasteiger partial charge in [0, 0.05) is 6.61 Å². The number of carbonyl (C=O) groups is 2. The van der Waals surface area contributed by atoms with Crippen molar-refractivity contribution in [3.8, 4) is 0 Å². The van der Waals surface area contributed by atoms with E-state index in [0.29, 0.717) is 19.4 Å². The average Bonchev–Trinajstić information content (AvgIpc) is 2.25. The Bertz CT molecular complexity index is 367. The van der Waals surface area contributed by atoms with Crippen LogP contribution >= 0.6 is 0 Å². The SMILES string of the molecule is CC1(NC(=O)N(CC(=O)O)CC(F)(F)F)CCCOC1. The van der Waals surface area contributed by atoms with Gasteiger partial charge in [-0.2, -0.15) is 13.2 Å². The van der Waals surface area contributed by atoms with Gasteiger partial charge in [0.1, 0.15) is 13.1 Å². The number of urea groups is 1. The molecule has 2 amide bonds. The van der Waals surface area contributed by atoms with Crippen molar-refractivity contribution in [3.05, 3.63) is 0 Å². The lowest BCUT2D eigenvalue weighted by Crippen LogP contribution is -2.57. The van der Waals surface area contributed by atoms with E-state index in [2.05, 4.69) is 5.32 Å². The molecule has 1 aliphatic heterocycles. The second-order valence-corrected chi connectivity index (χ2v) is 5.01. The molecular formula is C11H17F3N2O4. The lowest BCUT2D eigenvalue weighted by molar-refractivity contribution is -0.149. The van der Waals surface area contributed by atoms with Crippen molar-refractivity contribution in [2.75, 3.05) is 26.3 Å². The summed E-state index contributed by atoms with van der Waals surface area (Å²) in [5.74, 6) is -1.51. The number of hydrogen-bond acceptors (Lipinski definition) is 3. The molecule has 0 saturated carbocycles. The number of hydrogen-bond donors (Lipinski definition) is 2. The molecule has 9 heteroatoms. The lowest BCUT2D eigenvalue weighted by atomic mass is 9.95. The highest BCUT2D eigenvalue weighted by Crippen LogP contribution is 2.20. The van der Waals surface area contributed by atoms with E-state index >= 15 is 0 Å². The fourth-order valence-corrected chi connectivity index (χ4v) is 1.95. The van der Waals surface area contributed by atoms with Crippen molar-refractivity contribution in [3.63, 3.8) is 0 Å². The molecule has 0 bridgehead atoms. The molecule has 1 rings (SSSR count). The number of amides is 2. The van der Waals surface area contributed by atoms with E-state index in [4.69, 9.17) is 9.84 Å². The number of rotatable bonds is 4. The van der Waals surface area contributed by atoms with Gasteiger partial charge in [0.25, 0.3) is 0 Å². The van der Waals surface area contributed by atoms with E-state index in [-0.39, 0.29) is 11.5 Å². The summed E-state index contributed by atoms with van der Waals surface area (Å²) < 4.78 is 42.2. The van der Waals surface area contributed by atoms with E-state index < -0.39 is 36.8 Å². The maximum atomic E-state index is 12.4. The van der Waals surface area contributed by atoms with Crippen LogP contribution in [0.15, 0.2) is 0 Å². The molecule has 2 N–H and O–H groups in total. The van der Waals surface area contributed by atoms with E-state index in [1.165, 1.54) is 0 Å². The molecule has 1 fully saturated rings. The number of halogens is 3. The van der Waals surface area contributed by atoms with Crippen molar-refractivity contribution in [1.82, 2.24) is 10.2 Å². The second kappa shape index (κ2) is 6.29. The third-order valence-corrected chi connectivity index (χ3v) is 2.83. The van der Waals surface area contributed by atoms with Crippen LogP contribution in [0.4, 0.5) is 18.0 Å². The van der Waals surface area contributed by atoms with Crippen LogP contribution in [0, 0.1) is 0 Å². The van der Waals surface area contributed by atoms with Gasteiger partial charge in [0.2, 0.25) is 0 Å². The molecule has 20 heavy (non-hydrogen) atoms. The van der Waals surface area contributed by atoms with Gasteiger partial charge >= 0.3 is 18.2 Å². The largest absolute Gasteiger partial charge is 0.480 e. The monoisotopic (exact) mass is 298 g/mol. The normalized spacial score (nSPS) is 23.2. The lowest BCUT2D eigenvalue weighted by Gasteiger charge is -2.36. The van der Waals surface area contributed by atoms with Crippen LogP contribution in [0.3, 0.4) is 0 Å². The Morgan fingerprint density at radius 3 is 2.55 bits per heavy atom. The van der Waals surface area contributed by atoms with Gasteiger partial charge in [0.15, 0.2) is 0 Å². The number of carbonyl (C=O) groups excluding carboxylic acids is 1. The maximum absolute atomic E-state index is 12.4. The van der Waals surface area contributed by atoms with E-state index in [1.807, 2.05) is 0 Å². The zero-order valence-corrected chi connectivity index (χ0v) is 11.0. The second-order valence-electron chi connectivity index (χ2n) is 5.01. The number of carboxylic acid groups (broad SMARTS) is 1. The summed E-state index contributed by atoms with van der Waals surface area (Å²) in [5.41, 5.74) is -0.780. The summed E-state index contributed by atoms with van der Waals surface area (Å²) in [4.78, 5) is 22.6. The number of alkyl halides is 3. The highest BCUT2D eigenvalue weighted by molar-refractivity contribution is 5.80. The molecule has 116 valence electrons. The fourth-order valence-electron chi connectivity index (χ4n) is 1.95. The van der Waals surface area contributed by atoms with Gasteiger partial charge < -0.3 is 20.1 Å². The smallest absolute Gasteiger partial charge is 0.406 e. The predicted octanol–water partition coefficient (Wildman–Crippen LogP) is 1.21. The Morgan fingerprint density at radius 2 is 2.10 bits per heavy atom. The van der Waals surface area contributed by atoms with Crippen LogP contribution in [0.5, 0.6) is 0 Å². The third kappa shape index (κ3) is 5.64. The van der Waals surface area contributed by atoms with Gasteiger partial charge in [0.05, 0.1) is 12.1 Å². The summed E-state index contributed by atoms with van der Waals surface area (Å²) in [7, 11) is 0. The van der Waals surface area contributed by atoms with E-state index in [9.17, 15) is 22.8 Å². The van der Waals surface area contributed by atoms with Crippen LogP contribution in [0.1, 0.15) is 19.8 Å². The molecule has 0 aliphatic carbocycles. The van der Waals surface area contributed by atoms with Crippen LogP contribution in [-0.2, 0) is 9.53 Å². The Morgan fingerprint density at radius 1 is 1.45 bits per heavy atom. The molecule has 1 aliphatic rings. The molecule has 1 heterocycles. The molecule has 0 aromatic heterocycles. The molecule has 0 spiro atoms. The number of carboxylic acids is 1. The zero-order valence-electron chi connectivity index (χ0n) is 11.0. The molecule has 0 radical (unpaired) electrons. The van der Waals surface area contributed by atoms with E-state index in [0.717, 1.165) is 0 Å². The number of ether oxygens (including phenoxy) is 1. The summed E-state index contributed by atoms with van der Waals surface area (Å²) in [6.45, 7) is -0.251. The molecule has 1 atom stereocenters. The van der Waals surface area contributed by atoms with Gasteiger partial charge in [-0.15, -0.1) is 0 Å². The summed E-state index contributed by atoms with van der Waals surface area (Å²) in [6.07, 6.45) is -3.42. The van der Waals surface area contributed by atoms with Crippen LogP contribution in [0.2, 0.25) is 0 Å². The first-order valence-electron chi connectivity index (χ1n) is 6.05. The standard InChI is InChI=1S/C11H17F3N2O4/c1-10(3-2-4-20-7-10)15-9(19)16(5-8(17)18)6-11(12,13)14/h2-7H2,1H3,(H,15,19)(H,17,18). The topological polar surface area (TPSA) is 78.9 Å². The molecule has 6 nitrogen and oxygen atoms in total. The average molecular weight is 298 g/mol. The Hall–Kier alpha value is -1.51. The molecule has 0 aromatic carbocycles. The van der Waals surface area contributed by atoms with Gasteiger partial charge in [-0.1, -0.05) is 0 Å². The first-order chi connectivity index (χ1) is 9.11. The Labute approximate surface area is 113 Å². The Kier molecular flexibility index (Phi) is 5.21. The summed E-state index contributed by atoms with van der Waals surface area (Å²) in [5, 5.41) is 11.0. The van der Waals surface area contributed by atoms with Gasteiger partial charge in [-0.05, 0) is 19.8 Å². The molecule has 1 saturated heterocycles. The van der Waals surface area contributed by atoms with Crippen molar-refractivity contribution in [1.29, 1.82) is 0 Å². The number of nitrogens with one attached hydrogen (secondary N) is 1.